The first kappa shape index (κ1) is 16.9. The van der Waals surface area contributed by atoms with Crippen molar-refractivity contribution in [3.05, 3.63) is 0 Å². The lowest BCUT2D eigenvalue weighted by Crippen LogP contribution is -2.60. The highest BCUT2D eigenvalue weighted by atomic mass is 16.5. The SMILES string of the molecule is CNC(C)(CO)CC(C)N1CC(C)(C)OC(C)(C)C1. The van der Waals surface area contributed by atoms with E-state index in [1.807, 2.05) is 7.05 Å². The number of nitrogens with one attached hydrogen (secondary N) is 1. The number of hydrogen-bond donors (Lipinski definition) is 2. The van der Waals surface area contributed by atoms with E-state index in [2.05, 4.69) is 51.8 Å². The van der Waals surface area contributed by atoms with E-state index in [0.29, 0.717) is 6.04 Å². The molecular weight excluding hydrogens is 240 g/mol. The Labute approximate surface area is 118 Å². The maximum atomic E-state index is 9.53. The molecule has 1 aliphatic heterocycles. The van der Waals surface area contributed by atoms with E-state index in [0.717, 1.165) is 19.5 Å². The van der Waals surface area contributed by atoms with Crippen molar-refractivity contribution < 1.29 is 9.84 Å². The van der Waals surface area contributed by atoms with E-state index in [1.165, 1.54) is 0 Å². The lowest BCUT2D eigenvalue weighted by atomic mass is 9.91. The van der Waals surface area contributed by atoms with Crippen molar-refractivity contribution in [2.45, 2.75) is 70.7 Å². The minimum atomic E-state index is -0.216. The first-order chi connectivity index (χ1) is 8.52. The molecule has 2 unspecified atom stereocenters. The second-order valence-corrected chi connectivity index (χ2v) is 7.55. The number of nitrogens with zero attached hydrogens (tertiary/aromatic N) is 1. The Morgan fingerprint density at radius 3 is 2.11 bits per heavy atom. The van der Waals surface area contributed by atoms with Crippen LogP contribution in [0.1, 0.15) is 48.0 Å². The summed E-state index contributed by atoms with van der Waals surface area (Å²) in [5.74, 6) is 0. The standard InChI is InChI=1S/C15H32N2O2/c1-12(8-15(6,11-18)16-7)17-9-13(2,3)19-14(4,5)10-17/h12,16,18H,8-11H2,1-7H3. The Kier molecular flexibility index (Phi) is 5.05. The summed E-state index contributed by atoms with van der Waals surface area (Å²) in [5.41, 5.74) is -0.456. The van der Waals surface area contributed by atoms with Crippen LogP contribution in [0.5, 0.6) is 0 Å². The third kappa shape index (κ3) is 4.71. The molecule has 0 aliphatic carbocycles. The number of aliphatic hydroxyl groups is 1. The molecule has 0 bridgehead atoms. The van der Waals surface area contributed by atoms with Crippen molar-refractivity contribution in [1.82, 2.24) is 10.2 Å². The Morgan fingerprint density at radius 2 is 1.74 bits per heavy atom. The van der Waals surface area contributed by atoms with Gasteiger partial charge in [-0.25, -0.2) is 0 Å². The van der Waals surface area contributed by atoms with E-state index in [-0.39, 0.29) is 23.3 Å². The molecule has 0 spiro atoms. The van der Waals surface area contributed by atoms with Gasteiger partial charge in [0, 0.05) is 24.7 Å². The molecule has 19 heavy (non-hydrogen) atoms. The maximum absolute atomic E-state index is 9.53. The molecule has 1 rings (SSSR count). The van der Waals surface area contributed by atoms with E-state index in [9.17, 15) is 5.11 Å². The molecule has 0 aromatic carbocycles. The smallest absolute Gasteiger partial charge is 0.0760 e. The van der Waals surface area contributed by atoms with Gasteiger partial charge in [0.25, 0.3) is 0 Å². The first-order valence-corrected chi connectivity index (χ1v) is 7.26. The molecule has 2 atom stereocenters. The van der Waals surface area contributed by atoms with Gasteiger partial charge in [-0.1, -0.05) is 0 Å². The van der Waals surface area contributed by atoms with Crippen LogP contribution in [0.25, 0.3) is 0 Å². The zero-order valence-electron chi connectivity index (χ0n) is 13.7. The predicted octanol–water partition coefficient (Wildman–Crippen LogP) is 1.62. The number of likely N-dealkylation sites (N-methyl/N-ethyl adjacent to an activating group) is 1. The Morgan fingerprint density at radius 1 is 1.26 bits per heavy atom. The molecule has 0 saturated carbocycles. The molecule has 4 nitrogen and oxygen atoms in total. The van der Waals surface area contributed by atoms with Gasteiger partial charge in [0.05, 0.1) is 17.8 Å². The quantitative estimate of drug-likeness (QED) is 0.798. The molecule has 1 saturated heterocycles. The van der Waals surface area contributed by atoms with E-state index >= 15 is 0 Å². The van der Waals surface area contributed by atoms with Gasteiger partial charge in [-0.2, -0.15) is 0 Å². The molecule has 0 aromatic rings. The summed E-state index contributed by atoms with van der Waals surface area (Å²) in [6, 6.07) is 0.409. The van der Waals surface area contributed by atoms with Crippen LogP contribution in [0.3, 0.4) is 0 Å². The number of aliphatic hydroxyl groups excluding tert-OH is 1. The van der Waals surface area contributed by atoms with Crippen molar-refractivity contribution >= 4 is 0 Å². The van der Waals surface area contributed by atoms with Crippen LogP contribution in [-0.2, 0) is 4.74 Å². The van der Waals surface area contributed by atoms with Crippen LogP contribution in [0.15, 0.2) is 0 Å². The molecule has 2 N–H and O–H groups in total. The van der Waals surface area contributed by atoms with Crippen LogP contribution in [0, 0.1) is 0 Å². The summed E-state index contributed by atoms with van der Waals surface area (Å²) < 4.78 is 6.12. The molecule has 0 amide bonds. The van der Waals surface area contributed by atoms with Crippen LogP contribution in [0.4, 0.5) is 0 Å². The number of rotatable bonds is 5. The molecule has 114 valence electrons. The monoisotopic (exact) mass is 272 g/mol. The lowest BCUT2D eigenvalue weighted by Gasteiger charge is -2.50. The summed E-state index contributed by atoms with van der Waals surface area (Å²) in [4.78, 5) is 2.48. The molecule has 1 fully saturated rings. The normalized spacial score (nSPS) is 27.8. The summed E-state index contributed by atoms with van der Waals surface area (Å²) in [7, 11) is 1.91. The van der Waals surface area contributed by atoms with E-state index < -0.39 is 0 Å². The molecular formula is C15H32N2O2. The van der Waals surface area contributed by atoms with Gasteiger partial charge in [-0.3, -0.25) is 4.90 Å². The second kappa shape index (κ2) is 5.68. The van der Waals surface area contributed by atoms with Gasteiger partial charge >= 0.3 is 0 Å². The highest BCUT2D eigenvalue weighted by molar-refractivity contribution is 4.94. The lowest BCUT2D eigenvalue weighted by molar-refractivity contribution is -0.188. The average Bonchev–Trinajstić information content (AvgIpc) is 2.24. The topological polar surface area (TPSA) is 44.7 Å². The average molecular weight is 272 g/mol. The molecule has 4 heteroatoms. The minimum absolute atomic E-state index is 0.120. The van der Waals surface area contributed by atoms with Gasteiger partial charge in [0.2, 0.25) is 0 Å². The molecule has 1 heterocycles. The maximum Gasteiger partial charge on any atom is 0.0760 e. The van der Waals surface area contributed by atoms with E-state index in [1.54, 1.807) is 0 Å². The van der Waals surface area contributed by atoms with Crippen molar-refractivity contribution in [2.75, 3.05) is 26.7 Å². The number of hydrogen-bond acceptors (Lipinski definition) is 4. The minimum Gasteiger partial charge on any atom is -0.394 e. The third-order valence-electron chi connectivity index (χ3n) is 4.04. The fourth-order valence-electron chi connectivity index (χ4n) is 3.19. The van der Waals surface area contributed by atoms with Crippen molar-refractivity contribution in [2.24, 2.45) is 0 Å². The van der Waals surface area contributed by atoms with Crippen LogP contribution in [0.2, 0.25) is 0 Å². The van der Waals surface area contributed by atoms with Crippen LogP contribution < -0.4 is 5.32 Å². The zero-order chi connectivity index (χ0) is 14.9. The fourth-order valence-corrected chi connectivity index (χ4v) is 3.19. The number of ether oxygens (including phenoxy) is 1. The first-order valence-electron chi connectivity index (χ1n) is 7.26. The predicted molar refractivity (Wildman–Crippen MR) is 79.4 cm³/mol. The molecule has 0 aromatic heterocycles. The Balaban J connectivity index is 2.73. The summed E-state index contributed by atoms with van der Waals surface area (Å²) >= 11 is 0. The Bertz CT molecular complexity index is 283. The summed E-state index contributed by atoms with van der Waals surface area (Å²) in [6.45, 7) is 14.9. The summed E-state index contributed by atoms with van der Waals surface area (Å²) in [6.07, 6.45) is 0.923. The fraction of sp³-hybridized carbons (Fsp3) is 1.00. The largest absolute Gasteiger partial charge is 0.394 e. The van der Waals surface area contributed by atoms with Crippen LogP contribution in [-0.4, -0.2) is 59.5 Å². The highest BCUT2D eigenvalue weighted by Crippen LogP contribution is 2.30. The van der Waals surface area contributed by atoms with Gasteiger partial charge in [-0.15, -0.1) is 0 Å². The van der Waals surface area contributed by atoms with Crippen molar-refractivity contribution in [3.8, 4) is 0 Å². The highest BCUT2D eigenvalue weighted by Gasteiger charge is 2.40. The zero-order valence-corrected chi connectivity index (χ0v) is 13.7. The number of morpholine rings is 1. The van der Waals surface area contributed by atoms with Gasteiger partial charge < -0.3 is 15.2 Å². The molecule has 0 radical (unpaired) electrons. The van der Waals surface area contributed by atoms with Gasteiger partial charge in [0.1, 0.15) is 0 Å². The Hall–Kier alpha value is -0.160. The second-order valence-electron chi connectivity index (χ2n) is 7.55. The molecule has 1 aliphatic rings. The van der Waals surface area contributed by atoms with Gasteiger partial charge in [-0.05, 0) is 55.0 Å². The summed E-state index contributed by atoms with van der Waals surface area (Å²) in [5, 5.41) is 12.8. The van der Waals surface area contributed by atoms with Gasteiger partial charge in [0.15, 0.2) is 0 Å². The van der Waals surface area contributed by atoms with Crippen molar-refractivity contribution in [1.29, 1.82) is 0 Å². The van der Waals surface area contributed by atoms with Crippen LogP contribution >= 0.6 is 0 Å². The van der Waals surface area contributed by atoms with Crippen molar-refractivity contribution in [3.63, 3.8) is 0 Å². The van der Waals surface area contributed by atoms with E-state index in [4.69, 9.17) is 4.74 Å². The third-order valence-corrected chi connectivity index (χ3v) is 4.04.